The quantitative estimate of drug-likeness (QED) is 0.558. The molecule has 0 fully saturated rings. The molecule has 146 valence electrons. The maximum Gasteiger partial charge on any atom is 0.326 e. The van der Waals surface area contributed by atoms with Crippen molar-refractivity contribution in [2.75, 3.05) is 18.8 Å². The van der Waals surface area contributed by atoms with Gasteiger partial charge in [-0.15, -0.1) is 13.2 Å². The molecule has 0 aromatic heterocycles. The number of hydrogen-bond acceptors (Lipinski definition) is 3. The van der Waals surface area contributed by atoms with E-state index in [1.807, 2.05) is 13.8 Å². The van der Waals surface area contributed by atoms with Gasteiger partial charge in [-0.05, 0) is 38.6 Å². The van der Waals surface area contributed by atoms with Crippen molar-refractivity contribution in [3.63, 3.8) is 0 Å². The van der Waals surface area contributed by atoms with E-state index < -0.39 is 0 Å². The maximum atomic E-state index is 3.76. The SMILES string of the molecule is C=C.CC.CCCN1B(C)Nc2ccccc2C(C)(C)C(C)N(C)B1C. The lowest BCUT2D eigenvalue weighted by Gasteiger charge is -2.43. The highest BCUT2D eigenvalue weighted by Gasteiger charge is 2.40. The van der Waals surface area contributed by atoms with Gasteiger partial charge in [-0.25, -0.2) is 0 Å². The standard InChI is InChI=1S/C17H31B2N3.C2H6.C2H4/c1-8-13-22-18(5)20-16-12-10-9-11-15(16)17(3,4)14(2)21(7)19(22)6;2*1-2/h9-12,14,20H,8,13H2,1-7H3;1-2H3;1-2H2. The van der Waals surface area contributed by atoms with Crippen molar-refractivity contribution < 1.29 is 0 Å². The van der Waals surface area contributed by atoms with E-state index in [2.05, 4.69) is 101 Å². The van der Waals surface area contributed by atoms with Crippen LogP contribution in [0.4, 0.5) is 5.69 Å². The monoisotopic (exact) mass is 357 g/mol. The fourth-order valence-corrected chi connectivity index (χ4v) is 3.73. The van der Waals surface area contributed by atoms with Crippen molar-refractivity contribution in [2.45, 2.75) is 73.1 Å². The molecular formula is C21H41B2N3. The summed E-state index contributed by atoms with van der Waals surface area (Å²) >= 11 is 0. The Labute approximate surface area is 164 Å². The van der Waals surface area contributed by atoms with Crippen molar-refractivity contribution in [1.82, 2.24) is 9.53 Å². The highest BCUT2D eigenvalue weighted by atomic mass is 15.2. The largest absolute Gasteiger partial charge is 0.415 e. The van der Waals surface area contributed by atoms with Gasteiger partial charge in [-0.3, -0.25) is 0 Å². The van der Waals surface area contributed by atoms with Crippen LogP contribution in [0.25, 0.3) is 0 Å². The summed E-state index contributed by atoms with van der Waals surface area (Å²) in [6, 6.07) is 9.24. The molecule has 26 heavy (non-hydrogen) atoms. The van der Waals surface area contributed by atoms with Crippen LogP contribution < -0.4 is 5.23 Å². The molecule has 1 aromatic carbocycles. The summed E-state index contributed by atoms with van der Waals surface area (Å²) in [5, 5.41) is 3.76. The molecule has 0 saturated heterocycles. The highest BCUT2D eigenvalue weighted by molar-refractivity contribution is 6.71. The average molecular weight is 357 g/mol. The number of fused-ring (bicyclic) bond motifs is 1. The molecule has 0 bridgehead atoms. The predicted molar refractivity (Wildman–Crippen MR) is 123 cm³/mol. The highest BCUT2D eigenvalue weighted by Crippen LogP contribution is 2.36. The van der Waals surface area contributed by atoms with E-state index in [1.54, 1.807) is 0 Å². The van der Waals surface area contributed by atoms with Crippen LogP contribution in [0.15, 0.2) is 37.4 Å². The third-order valence-corrected chi connectivity index (χ3v) is 5.69. The minimum Gasteiger partial charge on any atom is -0.415 e. The Balaban J connectivity index is 0.00000146. The molecule has 1 unspecified atom stereocenters. The third kappa shape index (κ3) is 5.40. The van der Waals surface area contributed by atoms with Crippen LogP contribution >= 0.6 is 0 Å². The maximum absolute atomic E-state index is 3.76. The van der Waals surface area contributed by atoms with Gasteiger partial charge in [0.1, 0.15) is 0 Å². The lowest BCUT2D eigenvalue weighted by molar-refractivity contribution is 0.263. The molecule has 5 heteroatoms. The van der Waals surface area contributed by atoms with Crippen LogP contribution in [0, 0.1) is 0 Å². The molecule has 1 heterocycles. The van der Waals surface area contributed by atoms with Crippen molar-refractivity contribution in [1.29, 1.82) is 0 Å². The van der Waals surface area contributed by atoms with Crippen LogP contribution in [-0.4, -0.2) is 43.1 Å². The number of nitrogens with one attached hydrogen (secondary N) is 1. The van der Waals surface area contributed by atoms with Gasteiger partial charge in [0.15, 0.2) is 0 Å². The number of rotatable bonds is 2. The van der Waals surface area contributed by atoms with Gasteiger partial charge in [-0.2, -0.15) is 0 Å². The fraction of sp³-hybridized carbons (Fsp3) is 0.619. The Morgan fingerprint density at radius 2 is 1.69 bits per heavy atom. The van der Waals surface area contributed by atoms with Gasteiger partial charge in [0.25, 0.3) is 6.98 Å². The van der Waals surface area contributed by atoms with Gasteiger partial charge in [0.05, 0.1) is 0 Å². The van der Waals surface area contributed by atoms with Crippen LogP contribution in [0.5, 0.6) is 0 Å². The zero-order valence-corrected chi connectivity index (χ0v) is 18.8. The van der Waals surface area contributed by atoms with Crippen molar-refractivity contribution in [3.05, 3.63) is 43.0 Å². The van der Waals surface area contributed by atoms with E-state index in [9.17, 15) is 0 Å². The van der Waals surface area contributed by atoms with Crippen molar-refractivity contribution in [2.24, 2.45) is 0 Å². The fourth-order valence-electron chi connectivity index (χ4n) is 3.73. The van der Waals surface area contributed by atoms with E-state index in [0.29, 0.717) is 20.0 Å². The first-order valence-corrected chi connectivity index (χ1v) is 10.1. The Bertz CT molecular complexity index is 522. The van der Waals surface area contributed by atoms with Crippen molar-refractivity contribution in [3.8, 4) is 0 Å². The third-order valence-electron chi connectivity index (χ3n) is 5.69. The second-order valence-electron chi connectivity index (χ2n) is 7.30. The summed E-state index contributed by atoms with van der Waals surface area (Å²) in [4.78, 5) is 2.52. The Kier molecular flexibility index (Phi) is 11.0. The molecule has 1 aliphatic rings. The zero-order valence-electron chi connectivity index (χ0n) is 18.8. The van der Waals surface area contributed by atoms with Crippen LogP contribution in [0.2, 0.25) is 13.6 Å². The van der Waals surface area contributed by atoms with Gasteiger partial charge < -0.3 is 14.8 Å². The molecule has 3 nitrogen and oxygen atoms in total. The van der Waals surface area contributed by atoms with Crippen LogP contribution in [0.1, 0.15) is 53.5 Å². The predicted octanol–water partition coefficient (Wildman–Crippen LogP) is 5.49. The number of nitrogens with zero attached hydrogens (tertiary/aromatic N) is 2. The van der Waals surface area contributed by atoms with E-state index in [4.69, 9.17) is 0 Å². The minimum atomic E-state index is 0.0918. The first-order chi connectivity index (χ1) is 12.3. The van der Waals surface area contributed by atoms with Gasteiger partial charge >= 0.3 is 6.98 Å². The number of likely N-dealkylation sites (N-methyl/N-ethyl adjacent to an activating group) is 1. The second kappa shape index (κ2) is 11.5. The molecule has 0 radical (unpaired) electrons. The molecule has 0 spiro atoms. The number of benzene rings is 1. The lowest BCUT2D eigenvalue weighted by Crippen LogP contribution is -2.60. The molecule has 2 rings (SSSR count). The Morgan fingerprint density at radius 3 is 2.23 bits per heavy atom. The van der Waals surface area contributed by atoms with Crippen molar-refractivity contribution >= 4 is 19.7 Å². The summed E-state index contributed by atoms with van der Waals surface area (Å²) in [5.74, 6) is 0. The van der Waals surface area contributed by atoms with E-state index in [-0.39, 0.29) is 5.41 Å². The molecule has 1 aliphatic heterocycles. The zero-order chi connectivity index (χ0) is 20.5. The molecule has 0 amide bonds. The molecule has 1 aromatic rings. The van der Waals surface area contributed by atoms with E-state index in [0.717, 1.165) is 6.54 Å². The summed E-state index contributed by atoms with van der Waals surface area (Å²) in [6.45, 7) is 25.8. The summed E-state index contributed by atoms with van der Waals surface area (Å²) in [7, 11) is 2.26. The van der Waals surface area contributed by atoms with Gasteiger partial charge in [0.2, 0.25) is 0 Å². The summed E-state index contributed by atoms with van der Waals surface area (Å²) < 4.78 is 2.56. The minimum absolute atomic E-state index is 0.0918. The van der Waals surface area contributed by atoms with Gasteiger partial charge in [-0.1, -0.05) is 66.5 Å². The number of anilines is 1. The lowest BCUT2D eigenvalue weighted by atomic mass is 9.60. The summed E-state index contributed by atoms with van der Waals surface area (Å²) in [5.41, 5.74) is 2.77. The number of para-hydroxylation sites is 1. The van der Waals surface area contributed by atoms with E-state index in [1.165, 1.54) is 17.7 Å². The average Bonchev–Trinajstić information content (AvgIpc) is 2.68. The number of hydrogen-bond donors (Lipinski definition) is 1. The first-order valence-electron chi connectivity index (χ1n) is 10.1. The molecule has 1 N–H and O–H groups in total. The molecule has 1 atom stereocenters. The Morgan fingerprint density at radius 1 is 1.15 bits per heavy atom. The normalized spacial score (nSPS) is 20.1. The summed E-state index contributed by atoms with van der Waals surface area (Å²) in [6.07, 6.45) is 1.17. The first kappa shape index (κ1) is 24.8. The smallest absolute Gasteiger partial charge is 0.326 e. The van der Waals surface area contributed by atoms with Gasteiger partial charge in [0, 0.05) is 17.1 Å². The molecular weight excluding hydrogens is 316 g/mol. The van der Waals surface area contributed by atoms with Crippen LogP contribution in [0.3, 0.4) is 0 Å². The Hall–Kier alpha value is -1.19. The van der Waals surface area contributed by atoms with E-state index >= 15 is 0 Å². The second-order valence-corrected chi connectivity index (χ2v) is 7.30. The van der Waals surface area contributed by atoms with Crippen LogP contribution in [-0.2, 0) is 5.41 Å². The topological polar surface area (TPSA) is 18.5 Å². The molecule has 0 aliphatic carbocycles. The molecule has 0 saturated carbocycles.